The van der Waals surface area contributed by atoms with Gasteiger partial charge in [-0.25, -0.2) is 0 Å². The molecule has 0 aromatic heterocycles. The summed E-state index contributed by atoms with van der Waals surface area (Å²) >= 11 is 0. The van der Waals surface area contributed by atoms with E-state index in [1.165, 1.54) is 0 Å². The number of methoxy groups -OCH3 is 2. The third-order valence-corrected chi connectivity index (χ3v) is 5.91. The highest BCUT2D eigenvalue weighted by Crippen LogP contribution is 2.39. The summed E-state index contributed by atoms with van der Waals surface area (Å²) < 4.78 is 10.5. The highest BCUT2D eigenvalue weighted by molar-refractivity contribution is 6.11. The van der Waals surface area contributed by atoms with Crippen molar-refractivity contribution in [2.45, 2.75) is 6.04 Å². The van der Waals surface area contributed by atoms with Gasteiger partial charge in [-0.15, -0.1) is 0 Å². The van der Waals surface area contributed by atoms with Gasteiger partial charge >= 0.3 is 0 Å². The summed E-state index contributed by atoms with van der Waals surface area (Å²) in [6.45, 7) is 0. The van der Waals surface area contributed by atoms with E-state index in [1.54, 1.807) is 14.2 Å². The summed E-state index contributed by atoms with van der Waals surface area (Å²) in [7, 11) is 3.26. The van der Waals surface area contributed by atoms with Crippen molar-refractivity contribution in [1.29, 1.82) is 0 Å². The molecule has 0 radical (unpaired) electrons. The summed E-state index contributed by atoms with van der Waals surface area (Å²) in [5, 5.41) is 5.57. The number of nitrogens with zero attached hydrogens (tertiary/aromatic N) is 1. The second kappa shape index (κ2) is 8.71. The first-order valence-electron chi connectivity index (χ1n) is 10.8. The number of ether oxygens (including phenoxy) is 2. The van der Waals surface area contributed by atoms with Crippen molar-refractivity contribution in [3.05, 3.63) is 108 Å². The third kappa shape index (κ3) is 3.89. The molecule has 1 heterocycles. The SMILES string of the molecule is COc1ccc(NC2=CC(c3cccc4ccccc34)N(c3ccc(OC)cc3)C2=O)cc1. The molecule has 1 atom stereocenters. The predicted molar refractivity (Wildman–Crippen MR) is 132 cm³/mol. The Morgan fingerprint density at radius 3 is 2.09 bits per heavy atom. The van der Waals surface area contributed by atoms with E-state index >= 15 is 0 Å². The molecule has 1 aliphatic rings. The molecule has 5 heteroatoms. The van der Waals surface area contributed by atoms with Crippen LogP contribution < -0.4 is 19.7 Å². The summed E-state index contributed by atoms with van der Waals surface area (Å²) in [6.07, 6.45) is 2.00. The van der Waals surface area contributed by atoms with Crippen molar-refractivity contribution in [1.82, 2.24) is 0 Å². The molecule has 1 unspecified atom stereocenters. The molecule has 164 valence electrons. The quantitative estimate of drug-likeness (QED) is 0.406. The van der Waals surface area contributed by atoms with Gasteiger partial charge in [-0.3, -0.25) is 9.69 Å². The Balaban J connectivity index is 1.58. The molecule has 0 fully saturated rings. The molecular formula is C28H24N2O3. The molecular weight excluding hydrogens is 412 g/mol. The first-order valence-corrected chi connectivity index (χ1v) is 10.8. The molecule has 5 nitrogen and oxygen atoms in total. The van der Waals surface area contributed by atoms with Crippen molar-refractivity contribution < 1.29 is 14.3 Å². The van der Waals surface area contributed by atoms with Crippen molar-refractivity contribution in [3.63, 3.8) is 0 Å². The summed E-state index contributed by atoms with van der Waals surface area (Å²) in [6, 6.07) is 29.3. The van der Waals surface area contributed by atoms with E-state index in [2.05, 4.69) is 29.6 Å². The zero-order valence-corrected chi connectivity index (χ0v) is 18.5. The number of hydrogen-bond acceptors (Lipinski definition) is 4. The highest BCUT2D eigenvalue weighted by atomic mass is 16.5. The van der Waals surface area contributed by atoms with Gasteiger partial charge in [0.1, 0.15) is 17.2 Å². The van der Waals surface area contributed by atoms with Crippen LogP contribution >= 0.6 is 0 Å². The fourth-order valence-corrected chi connectivity index (χ4v) is 4.24. The van der Waals surface area contributed by atoms with Crippen LogP contribution in [0.3, 0.4) is 0 Å². The normalized spacial score (nSPS) is 15.5. The van der Waals surface area contributed by atoms with E-state index in [4.69, 9.17) is 9.47 Å². The number of benzene rings is 4. The Bertz CT molecular complexity index is 1320. The van der Waals surface area contributed by atoms with Gasteiger partial charge < -0.3 is 14.8 Å². The zero-order valence-electron chi connectivity index (χ0n) is 18.5. The Morgan fingerprint density at radius 1 is 0.758 bits per heavy atom. The van der Waals surface area contributed by atoms with Crippen molar-refractivity contribution in [2.75, 3.05) is 24.4 Å². The van der Waals surface area contributed by atoms with Crippen LogP contribution in [0.25, 0.3) is 10.8 Å². The fourth-order valence-electron chi connectivity index (χ4n) is 4.24. The van der Waals surface area contributed by atoms with E-state index in [-0.39, 0.29) is 11.9 Å². The molecule has 1 N–H and O–H groups in total. The number of anilines is 2. The van der Waals surface area contributed by atoms with Gasteiger partial charge in [0.05, 0.1) is 20.3 Å². The van der Waals surface area contributed by atoms with Crippen LogP contribution in [0.5, 0.6) is 11.5 Å². The van der Waals surface area contributed by atoms with Crippen molar-refractivity contribution in [3.8, 4) is 11.5 Å². The molecule has 0 saturated carbocycles. The smallest absolute Gasteiger partial charge is 0.275 e. The third-order valence-electron chi connectivity index (χ3n) is 5.91. The standard InChI is InChI=1S/C28H24N2O3/c1-32-22-14-10-20(11-15-22)29-26-18-27(25-9-5-7-19-6-3-4-8-24(19)25)30(28(26)31)21-12-16-23(33-2)17-13-21/h3-18,27,29H,1-2H3. The van der Waals surface area contributed by atoms with E-state index in [1.807, 2.05) is 77.7 Å². The first-order chi connectivity index (χ1) is 16.2. The van der Waals surface area contributed by atoms with Gasteiger partial charge in [-0.1, -0.05) is 42.5 Å². The van der Waals surface area contributed by atoms with Crippen molar-refractivity contribution in [2.24, 2.45) is 0 Å². The fraction of sp³-hybridized carbons (Fsp3) is 0.107. The lowest BCUT2D eigenvalue weighted by atomic mass is 9.98. The Labute approximate surface area is 192 Å². The Kier molecular flexibility index (Phi) is 5.45. The van der Waals surface area contributed by atoms with Gasteiger partial charge in [0.25, 0.3) is 5.91 Å². The molecule has 0 spiro atoms. The van der Waals surface area contributed by atoms with E-state index in [0.717, 1.165) is 39.2 Å². The van der Waals surface area contributed by atoms with Crippen LogP contribution in [0.15, 0.2) is 103 Å². The van der Waals surface area contributed by atoms with E-state index in [9.17, 15) is 4.79 Å². The Morgan fingerprint density at radius 2 is 1.39 bits per heavy atom. The number of fused-ring (bicyclic) bond motifs is 1. The summed E-state index contributed by atoms with van der Waals surface area (Å²) in [5.74, 6) is 1.42. The average molecular weight is 437 g/mol. The minimum Gasteiger partial charge on any atom is -0.497 e. The van der Waals surface area contributed by atoms with Gasteiger partial charge in [0.15, 0.2) is 0 Å². The second-order valence-corrected chi connectivity index (χ2v) is 7.82. The maximum atomic E-state index is 13.6. The molecule has 0 aliphatic carbocycles. The molecule has 33 heavy (non-hydrogen) atoms. The monoisotopic (exact) mass is 436 g/mol. The maximum Gasteiger partial charge on any atom is 0.275 e. The van der Waals surface area contributed by atoms with Gasteiger partial charge in [0.2, 0.25) is 0 Å². The van der Waals surface area contributed by atoms with E-state index in [0.29, 0.717) is 5.70 Å². The minimum atomic E-state index is -0.252. The van der Waals surface area contributed by atoms with Crippen LogP contribution in [0.1, 0.15) is 11.6 Å². The molecule has 4 aromatic rings. The van der Waals surface area contributed by atoms with Crippen LogP contribution in [-0.4, -0.2) is 20.1 Å². The van der Waals surface area contributed by atoms with Crippen molar-refractivity contribution >= 4 is 28.1 Å². The first kappa shape index (κ1) is 20.6. The number of rotatable bonds is 6. The largest absolute Gasteiger partial charge is 0.497 e. The second-order valence-electron chi connectivity index (χ2n) is 7.82. The Hall–Kier alpha value is -4.25. The topological polar surface area (TPSA) is 50.8 Å². The molecule has 1 amide bonds. The lowest BCUT2D eigenvalue weighted by Crippen LogP contribution is -2.30. The van der Waals surface area contributed by atoms with Crippen LogP contribution in [0, 0.1) is 0 Å². The predicted octanol–water partition coefficient (Wildman–Crippen LogP) is 5.94. The number of hydrogen-bond donors (Lipinski definition) is 1. The number of carbonyl (C=O) groups excluding carboxylic acids is 1. The maximum absolute atomic E-state index is 13.6. The average Bonchev–Trinajstić information content (AvgIpc) is 3.19. The van der Waals surface area contributed by atoms with E-state index < -0.39 is 0 Å². The summed E-state index contributed by atoms with van der Waals surface area (Å²) in [4.78, 5) is 15.5. The molecule has 5 rings (SSSR count). The molecule has 0 bridgehead atoms. The minimum absolute atomic E-state index is 0.0890. The molecule has 4 aromatic carbocycles. The molecule has 0 saturated heterocycles. The zero-order chi connectivity index (χ0) is 22.8. The summed E-state index contributed by atoms with van der Waals surface area (Å²) in [5.41, 5.74) is 3.24. The number of nitrogens with one attached hydrogen (secondary N) is 1. The lowest BCUT2D eigenvalue weighted by Gasteiger charge is -2.26. The number of amides is 1. The molecule has 1 aliphatic heterocycles. The van der Waals surface area contributed by atoms with Crippen LogP contribution in [-0.2, 0) is 4.79 Å². The van der Waals surface area contributed by atoms with Crippen LogP contribution in [0.2, 0.25) is 0 Å². The van der Waals surface area contributed by atoms with Gasteiger partial charge in [-0.2, -0.15) is 0 Å². The number of carbonyl (C=O) groups is 1. The van der Waals surface area contributed by atoms with Gasteiger partial charge in [0, 0.05) is 11.4 Å². The van der Waals surface area contributed by atoms with Gasteiger partial charge in [-0.05, 0) is 70.9 Å². The van der Waals surface area contributed by atoms with Crippen LogP contribution in [0.4, 0.5) is 11.4 Å². The highest BCUT2D eigenvalue weighted by Gasteiger charge is 2.35. The lowest BCUT2D eigenvalue weighted by molar-refractivity contribution is -0.114.